The van der Waals surface area contributed by atoms with Gasteiger partial charge in [-0.1, -0.05) is 38.0 Å². The van der Waals surface area contributed by atoms with Crippen LogP contribution >= 0.6 is 0 Å². The second-order valence-electron chi connectivity index (χ2n) is 15.6. The highest BCUT2D eigenvalue weighted by molar-refractivity contribution is 5.95. The number of pyridine rings is 2. The molecule has 3 fully saturated rings. The van der Waals surface area contributed by atoms with Crippen molar-refractivity contribution in [3.8, 4) is 0 Å². The van der Waals surface area contributed by atoms with Crippen LogP contribution in [-0.2, 0) is 23.8 Å². The minimum atomic E-state index is -2.03. The highest BCUT2D eigenvalue weighted by atomic mass is 16.6. The minimum absolute atomic E-state index is 0.0372. The molecule has 2 aromatic rings. The first kappa shape index (κ1) is 36.6. The van der Waals surface area contributed by atoms with Crippen molar-refractivity contribution >= 4 is 23.7 Å². The van der Waals surface area contributed by atoms with Gasteiger partial charge in [-0.25, -0.2) is 14.4 Å². The lowest BCUT2D eigenvalue weighted by Crippen LogP contribution is -2.78. The number of ether oxygens (including phenoxy) is 3. The van der Waals surface area contributed by atoms with Crippen LogP contribution in [0.25, 0.3) is 0 Å². The largest absolute Gasteiger partial charge is 0.458 e. The van der Waals surface area contributed by atoms with Crippen LogP contribution in [0.2, 0.25) is 0 Å². The molecule has 2 N–H and O–H groups in total. The van der Waals surface area contributed by atoms with Gasteiger partial charge in [-0.05, 0) is 94.9 Å². The summed E-state index contributed by atoms with van der Waals surface area (Å²) in [5.74, 6) is -3.00. The van der Waals surface area contributed by atoms with Crippen LogP contribution < -0.4 is 0 Å². The molecular formula is C40H48N2O9. The van der Waals surface area contributed by atoms with E-state index in [2.05, 4.69) is 9.97 Å². The van der Waals surface area contributed by atoms with Gasteiger partial charge in [0.15, 0.2) is 11.4 Å². The molecule has 0 saturated heterocycles. The number of nitrogens with zero attached hydrogens (tertiary/aromatic N) is 2. The third-order valence-electron chi connectivity index (χ3n) is 12.9. The van der Waals surface area contributed by atoms with E-state index in [1.807, 2.05) is 33.8 Å². The first-order valence-electron chi connectivity index (χ1n) is 17.8. The number of fused-ring (bicyclic) bond motifs is 5. The van der Waals surface area contributed by atoms with Crippen molar-refractivity contribution < 1.29 is 43.6 Å². The molecule has 2 aromatic heterocycles. The lowest BCUT2D eigenvalue weighted by molar-refractivity contribution is -0.313. The van der Waals surface area contributed by atoms with Crippen LogP contribution in [0.5, 0.6) is 0 Å². The number of aromatic nitrogens is 2. The summed E-state index contributed by atoms with van der Waals surface area (Å²) >= 11 is 0. The summed E-state index contributed by atoms with van der Waals surface area (Å²) in [4.78, 5) is 62.2. The molecule has 6 rings (SSSR count). The predicted molar refractivity (Wildman–Crippen MR) is 185 cm³/mol. The van der Waals surface area contributed by atoms with E-state index in [4.69, 9.17) is 14.2 Å². The van der Waals surface area contributed by atoms with Crippen molar-refractivity contribution in [1.29, 1.82) is 0 Å². The Morgan fingerprint density at radius 1 is 0.922 bits per heavy atom. The Bertz CT molecular complexity index is 1780. The monoisotopic (exact) mass is 700 g/mol. The molecule has 0 bridgehead atoms. The fourth-order valence-corrected chi connectivity index (χ4v) is 9.60. The summed E-state index contributed by atoms with van der Waals surface area (Å²) in [6, 6.07) is 6.42. The van der Waals surface area contributed by atoms with Gasteiger partial charge in [-0.3, -0.25) is 14.8 Å². The molecule has 0 aliphatic heterocycles. The van der Waals surface area contributed by atoms with Gasteiger partial charge in [0.1, 0.15) is 23.4 Å². The Morgan fingerprint density at radius 2 is 1.57 bits per heavy atom. The molecule has 3 saturated carbocycles. The Morgan fingerprint density at radius 3 is 2.16 bits per heavy atom. The summed E-state index contributed by atoms with van der Waals surface area (Å²) in [7, 11) is 0. The quantitative estimate of drug-likeness (QED) is 0.155. The molecule has 0 spiro atoms. The van der Waals surface area contributed by atoms with Crippen LogP contribution in [0, 0.1) is 22.7 Å². The molecule has 0 amide bonds. The molecule has 4 aliphatic rings. The molecule has 2 heterocycles. The molecule has 8 atom stereocenters. The van der Waals surface area contributed by atoms with Crippen molar-refractivity contribution in [2.75, 3.05) is 0 Å². The number of esters is 3. The summed E-state index contributed by atoms with van der Waals surface area (Å²) in [6.45, 7) is 10.7. The number of carbonyl (C=O) groups is 4. The van der Waals surface area contributed by atoms with E-state index in [-0.39, 0.29) is 37.2 Å². The van der Waals surface area contributed by atoms with Gasteiger partial charge >= 0.3 is 17.9 Å². The van der Waals surface area contributed by atoms with Gasteiger partial charge < -0.3 is 24.4 Å². The van der Waals surface area contributed by atoms with E-state index in [1.54, 1.807) is 31.3 Å². The summed E-state index contributed by atoms with van der Waals surface area (Å²) in [5, 5.41) is 26.1. The number of carbonyl (C=O) groups excluding carboxylic acids is 4. The van der Waals surface area contributed by atoms with Crippen molar-refractivity contribution in [2.24, 2.45) is 22.7 Å². The lowest BCUT2D eigenvalue weighted by Gasteiger charge is -2.67. The number of Topliss-reactive ketones (excluding diaryl/α,β-unsaturated/α-hetero) is 1. The van der Waals surface area contributed by atoms with Gasteiger partial charge in [0.2, 0.25) is 0 Å². The fraction of sp³-hybridized carbons (Fsp3) is 0.550. The van der Waals surface area contributed by atoms with Crippen LogP contribution in [-0.4, -0.2) is 72.9 Å². The van der Waals surface area contributed by atoms with Crippen LogP contribution in [0.15, 0.2) is 72.4 Å². The predicted octanol–water partition coefficient (Wildman–Crippen LogP) is 5.50. The maximum absolute atomic E-state index is 13.9. The highest BCUT2D eigenvalue weighted by Gasteiger charge is 2.83. The third-order valence-corrected chi connectivity index (χ3v) is 12.9. The van der Waals surface area contributed by atoms with Gasteiger partial charge in [-0.15, -0.1) is 0 Å². The Kier molecular flexibility index (Phi) is 9.38. The van der Waals surface area contributed by atoms with Crippen molar-refractivity contribution in [3.05, 3.63) is 83.5 Å². The topological polar surface area (TPSA) is 162 Å². The third kappa shape index (κ3) is 5.64. The van der Waals surface area contributed by atoms with Crippen LogP contribution in [0.1, 0.15) is 107 Å². The zero-order chi connectivity index (χ0) is 37.0. The molecule has 272 valence electrons. The zero-order valence-electron chi connectivity index (χ0n) is 30.2. The Balaban J connectivity index is 1.41. The number of hydrogen-bond donors (Lipinski definition) is 2. The van der Waals surface area contributed by atoms with Crippen molar-refractivity contribution in [1.82, 2.24) is 9.97 Å². The van der Waals surface area contributed by atoms with E-state index in [9.17, 15) is 29.4 Å². The summed E-state index contributed by atoms with van der Waals surface area (Å²) < 4.78 is 18.4. The van der Waals surface area contributed by atoms with Crippen LogP contribution in [0.3, 0.4) is 0 Å². The Labute approximate surface area is 298 Å². The molecule has 0 aromatic carbocycles. The van der Waals surface area contributed by atoms with Crippen molar-refractivity contribution in [3.63, 3.8) is 0 Å². The summed E-state index contributed by atoms with van der Waals surface area (Å²) in [5.41, 5.74) is -5.94. The smallest absolute Gasteiger partial charge is 0.340 e. The second kappa shape index (κ2) is 13.1. The first-order chi connectivity index (χ1) is 24.0. The van der Waals surface area contributed by atoms with Gasteiger partial charge in [-0.2, -0.15) is 0 Å². The number of hydrogen-bond acceptors (Lipinski definition) is 11. The maximum Gasteiger partial charge on any atom is 0.340 e. The standard InChI is InChI=1S/C40H48N2O9/c1-24(2)25(3)19-33(44)50-32-21-31-36(5)13-12-30(49-34(45)27-9-7-17-41-22-27)20-29(36)11-14-38(31,47)40(48)16-15-39(26(4)43,37(32,40)6)51-35(46)28-10-8-18-42-23-28/h7-11,17-19,22-24,30-32,47-48H,12-16,20-21H2,1-6H3/b25-19+/t30-,31?,32+,36-,37+,38-,39+,40+/m0/s1. The van der Waals surface area contributed by atoms with E-state index in [0.29, 0.717) is 24.8 Å². The number of rotatable bonds is 8. The molecule has 1 unspecified atom stereocenters. The summed E-state index contributed by atoms with van der Waals surface area (Å²) in [6.07, 6.45) is 9.09. The average molecular weight is 701 g/mol. The van der Waals surface area contributed by atoms with Crippen molar-refractivity contribution in [2.45, 2.75) is 115 Å². The number of aliphatic hydroxyl groups is 2. The maximum atomic E-state index is 13.9. The Hall–Kier alpha value is -4.22. The molecule has 51 heavy (non-hydrogen) atoms. The van der Waals surface area contributed by atoms with E-state index in [1.165, 1.54) is 37.7 Å². The molecule has 11 nitrogen and oxygen atoms in total. The van der Waals surface area contributed by atoms with Gasteiger partial charge in [0.25, 0.3) is 0 Å². The molecule has 11 heteroatoms. The first-order valence-corrected chi connectivity index (χ1v) is 17.8. The highest BCUT2D eigenvalue weighted by Crippen LogP contribution is 2.71. The molecule has 0 radical (unpaired) electrons. The number of ketones is 1. The average Bonchev–Trinajstić information content (AvgIpc) is 3.35. The fourth-order valence-electron chi connectivity index (χ4n) is 9.60. The SMILES string of the molecule is CC(=O)[C@]1(OC(=O)c2cccnc2)CC[C@@]2(O)[C@]1(C)[C@H](OC(=O)/C=C(\C)C(C)C)CC1[C@@]3(C)CC[C@H](OC(=O)c4cccnc4)CC3=CC[C@]12O. The lowest BCUT2D eigenvalue weighted by atomic mass is 9.42. The zero-order valence-corrected chi connectivity index (χ0v) is 30.2. The molecule has 4 aliphatic carbocycles. The van der Waals surface area contributed by atoms with E-state index in [0.717, 1.165) is 11.1 Å². The van der Waals surface area contributed by atoms with Gasteiger partial charge in [0, 0.05) is 43.2 Å². The molecular weight excluding hydrogens is 652 g/mol. The normalized spacial score (nSPS) is 35.8. The van der Waals surface area contributed by atoms with E-state index >= 15 is 0 Å². The van der Waals surface area contributed by atoms with E-state index < -0.39 is 69.5 Å². The van der Waals surface area contributed by atoms with Gasteiger partial charge in [0.05, 0.1) is 16.5 Å². The number of allylic oxidation sites excluding steroid dienone is 1. The van der Waals surface area contributed by atoms with Crippen LogP contribution in [0.4, 0.5) is 0 Å². The second-order valence-corrected chi connectivity index (χ2v) is 15.6. The minimum Gasteiger partial charge on any atom is -0.458 e.